The summed E-state index contributed by atoms with van der Waals surface area (Å²) in [6.45, 7) is 2.38. The van der Waals surface area contributed by atoms with Gasteiger partial charge in [-0.2, -0.15) is 0 Å². The molecule has 3 aliphatic rings. The Morgan fingerprint density at radius 2 is 2.08 bits per heavy atom. The first kappa shape index (κ1) is 8.05. The van der Waals surface area contributed by atoms with Gasteiger partial charge >= 0.3 is 0 Å². The predicted octanol–water partition coefficient (Wildman–Crippen LogP) is 2.48. The van der Waals surface area contributed by atoms with Gasteiger partial charge in [-0.3, -0.25) is 0 Å². The summed E-state index contributed by atoms with van der Waals surface area (Å²) in [6, 6.07) is 0. The van der Waals surface area contributed by atoms with Gasteiger partial charge in [0.25, 0.3) is 0 Å². The fraction of sp³-hybridized carbons (Fsp3) is 0.833. The maximum Gasteiger partial charge on any atom is 0.0608 e. The molecule has 2 bridgehead atoms. The van der Waals surface area contributed by atoms with Crippen LogP contribution in [0.15, 0.2) is 12.2 Å². The highest BCUT2D eigenvalue weighted by Gasteiger charge is 2.54. The summed E-state index contributed by atoms with van der Waals surface area (Å²) in [5.74, 6) is 4.47. The summed E-state index contributed by atoms with van der Waals surface area (Å²) >= 11 is 0. The van der Waals surface area contributed by atoms with Gasteiger partial charge in [-0.1, -0.05) is 19.1 Å². The van der Waals surface area contributed by atoms with Gasteiger partial charge < -0.3 is 4.74 Å². The number of methoxy groups -OCH3 is 1. The van der Waals surface area contributed by atoms with E-state index in [1.54, 1.807) is 0 Å². The van der Waals surface area contributed by atoms with E-state index in [4.69, 9.17) is 4.74 Å². The van der Waals surface area contributed by atoms with Gasteiger partial charge in [-0.25, -0.2) is 0 Å². The van der Waals surface area contributed by atoms with Gasteiger partial charge in [-0.15, -0.1) is 0 Å². The average Bonchev–Trinajstić information content (AvgIpc) is 2.76. The molecule has 0 heterocycles. The quantitative estimate of drug-likeness (QED) is 0.560. The molecule has 0 aromatic heterocycles. The minimum atomic E-state index is 0.571. The van der Waals surface area contributed by atoms with Crippen LogP contribution in [0.5, 0.6) is 0 Å². The van der Waals surface area contributed by atoms with E-state index in [1.165, 1.54) is 12.8 Å². The third kappa shape index (κ3) is 0.914. The molecule has 0 saturated heterocycles. The Bertz CT molecular complexity index is 246. The SMILES string of the molecule is COC1CC2CC1C1C=CC(C)C21. The smallest absolute Gasteiger partial charge is 0.0608 e. The highest BCUT2D eigenvalue weighted by Crippen LogP contribution is 2.58. The van der Waals surface area contributed by atoms with Crippen molar-refractivity contribution in [2.45, 2.75) is 25.9 Å². The molecule has 0 aliphatic heterocycles. The van der Waals surface area contributed by atoms with Gasteiger partial charge in [-0.05, 0) is 42.4 Å². The molecule has 72 valence electrons. The molecule has 1 heteroatoms. The molecule has 13 heavy (non-hydrogen) atoms. The van der Waals surface area contributed by atoms with Crippen LogP contribution >= 0.6 is 0 Å². The molecule has 0 amide bonds. The second-order valence-corrected chi connectivity index (χ2v) is 5.07. The van der Waals surface area contributed by atoms with Crippen molar-refractivity contribution in [3.05, 3.63) is 12.2 Å². The van der Waals surface area contributed by atoms with Gasteiger partial charge in [0, 0.05) is 7.11 Å². The number of rotatable bonds is 1. The highest BCUT2D eigenvalue weighted by molar-refractivity contribution is 5.16. The molecule has 2 fully saturated rings. The number of hydrogen-bond donors (Lipinski definition) is 0. The van der Waals surface area contributed by atoms with Crippen LogP contribution in [0.3, 0.4) is 0 Å². The summed E-state index contributed by atoms with van der Waals surface area (Å²) in [7, 11) is 1.88. The Morgan fingerprint density at radius 1 is 1.23 bits per heavy atom. The van der Waals surface area contributed by atoms with E-state index >= 15 is 0 Å². The van der Waals surface area contributed by atoms with E-state index in [1.807, 2.05) is 7.11 Å². The van der Waals surface area contributed by atoms with Crippen LogP contribution in [0.25, 0.3) is 0 Å². The molecular weight excluding hydrogens is 160 g/mol. The summed E-state index contributed by atoms with van der Waals surface area (Å²) < 4.78 is 5.55. The Balaban J connectivity index is 1.87. The zero-order valence-corrected chi connectivity index (χ0v) is 8.44. The largest absolute Gasteiger partial charge is 0.381 e. The fourth-order valence-electron chi connectivity index (χ4n) is 4.14. The van der Waals surface area contributed by atoms with Crippen LogP contribution in [-0.4, -0.2) is 13.2 Å². The van der Waals surface area contributed by atoms with Crippen LogP contribution in [0.4, 0.5) is 0 Å². The van der Waals surface area contributed by atoms with Crippen molar-refractivity contribution < 1.29 is 4.74 Å². The summed E-state index contributed by atoms with van der Waals surface area (Å²) in [4.78, 5) is 0. The van der Waals surface area contributed by atoms with Crippen LogP contribution in [0, 0.1) is 29.6 Å². The van der Waals surface area contributed by atoms with Crippen molar-refractivity contribution in [1.29, 1.82) is 0 Å². The zero-order valence-electron chi connectivity index (χ0n) is 8.44. The lowest BCUT2D eigenvalue weighted by Gasteiger charge is -2.32. The lowest BCUT2D eigenvalue weighted by molar-refractivity contribution is 0.0247. The average molecular weight is 178 g/mol. The van der Waals surface area contributed by atoms with Crippen molar-refractivity contribution in [3.8, 4) is 0 Å². The van der Waals surface area contributed by atoms with Crippen LogP contribution in [0.1, 0.15) is 19.8 Å². The topological polar surface area (TPSA) is 9.23 Å². The lowest BCUT2D eigenvalue weighted by Crippen LogP contribution is -2.31. The van der Waals surface area contributed by atoms with Gasteiger partial charge in [0.05, 0.1) is 6.10 Å². The molecule has 6 unspecified atom stereocenters. The highest BCUT2D eigenvalue weighted by atomic mass is 16.5. The van der Waals surface area contributed by atoms with E-state index in [0.717, 1.165) is 29.6 Å². The standard InChI is InChI=1S/C12H18O/c1-7-3-4-9-10-5-8(12(7)9)6-11(10)13-2/h3-4,7-12H,5-6H2,1-2H3. The predicted molar refractivity (Wildman–Crippen MR) is 52.3 cm³/mol. The van der Waals surface area contributed by atoms with Crippen molar-refractivity contribution in [2.24, 2.45) is 29.6 Å². The molecule has 3 aliphatic carbocycles. The third-order valence-electron chi connectivity index (χ3n) is 4.62. The molecule has 2 saturated carbocycles. The molecule has 6 atom stereocenters. The van der Waals surface area contributed by atoms with Crippen molar-refractivity contribution in [1.82, 2.24) is 0 Å². The van der Waals surface area contributed by atoms with E-state index in [0.29, 0.717) is 6.10 Å². The van der Waals surface area contributed by atoms with E-state index in [9.17, 15) is 0 Å². The summed E-state index contributed by atoms with van der Waals surface area (Å²) in [5, 5.41) is 0. The maximum absolute atomic E-state index is 5.55. The molecule has 3 rings (SSSR count). The lowest BCUT2D eigenvalue weighted by atomic mass is 9.76. The second kappa shape index (κ2) is 2.60. The second-order valence-electron chi connectivity index (χ2n) is 5.07. The van der Waals surface area contributed by atoms with Crippen LogP contribution < -0.4 is 0 Å². The molecule has 1 nitrogen and oxygen atoms in total. The summed E-state index contributed by atoms with van der Waals surface area (Å²) in [6.07, 6.45) is 8.22. The number of fused-ring (bicyclic) bond motifs is 5. The number of hydrogen-bond acceptors (Lipinski definition) is 1. The third-order valence-corrected chi connectivity index (χ3v) is 4.62. The van der Waals surface area contributed by atoms with Crippen molar-refractivity contribution in [2.75, 3.05) is 7.11 Å². The first-order chi connectivity index (χ1) is 6.31. The van der Waals surface area contributed by atoms with E-state index in [2.05, 4.69) is 19.1 Å². The minimum Gasteiger partial charge on any atom is -0.381 e. The molecule has 0 N–H and O–H groups in total. The molecule has 0 spiro atoms. The normalized spacial score (nSPS) is 57.4. The number of allylic oxidation sites excluding steroid dienone is 2. The van der Waals surface area contributed by atoms with Crippen molar-refractivity contribution >= 4 is 0 Å². The summed E-state index contributed by atoms with van der Waals surface area (Å²) in [5.41, 5.74) is 0. The van der Waals surface area contributed by atoms with E-state index < -0.39 is 0 Å². The molecule has 0 radical (unpaired) electrons. The first-order valence-electron chi connectivity index (χ1n) is 5.52. The van der Waals surface area contributed by atoms with E-state index in [-0.39, 0.29) is 0 Å². The Hall–Kier alpha value is -0.300. The molecule has 0 aromatic rings. The van der Waals surface area contributed by atoms with Gasteiger partial charge in [0.1, 0.15) is 0 Å². The van der Waals surface area contributed by atoms with Gasteiger partial charge in [0.2, 0.25) is 0 Å². The van der Waals surface area contributed by atoms with Crippen molar-refractivity contribution in [3.63, 3.8) is 0 Å². The monoisotopic (exact) mass is 178 g/mol. The van der Waals surface area contributed by atoms with Crippen LogP contribution in [-0.2, 0) is 4.74 Å². The minimum absolute atomic E-state index is 0.571. The molecular formula is C12H18O. The van der Waals surface area contributed by atoms with Crippen LogP contribution in [0.2, 0.25) is 0 Å². The first-order valence-corrected chi connectivity index (χ1v) is 5.52. The van der Waals surface area contributed by atoms with Gasteiger partial charge in [0.15, 0.2) is 0 Å². The Labute approximate surface area is 80.2 Å². The fourth-order valence-corrected chi connectivity index (χ4v) is 4.14. The Kier molecular flexibility index (Phi) is 1.61. The number of ether oxygens (including phenoxy) is 1. The molecule has 0 aromatic carbocycles. The maximum atomic E-state index is 5.55. The Morgan fingerprint density at radius 3 is 2.85 bits per heavy atom. The zero-order chi connectivity index (χ0) is 9.00.